The second-order valence-electron chi connectivity index (χ2n) is 6.07. The molecule has 0 atom stereocenters. The van der Waals surface area contributed by atoms with Crippen molar-refractivity contribution in [2.24, 2.45) is 0 Å². The molecular weight excluding hydrogens is 364 g/mol. The summed E-state index contributed by atoms with van der Waals surface area (Å²) in [5, 5.41) is 12.6. The van der Waals surface area contributed by atoms with Crippen LogP contribution < -0.4 is 11.1 Å². The molecule has 0 aliphatic carbocycles. The number of aromatic carboxylic acids is 1. The molecule has 6 heteroatoms. The van der Waals surface area contributed by atoms with Crippen LogP contribution in [0.5, 0.6) is 0 Å². The highest BCUT2D eigenvalue weighted by Crippen LogP contribution is 2.28. The molecular formula is C21H17ClN2O3. The third kappa shape index (κ3) is 3.93. The van der Waals surface area contributed by atoms with Crippen molar-refractivity contribution in [3.8, 4) is 0 Å². The van der Waals surface area contributed by atoms with Gasteiger partial charge in [-0.1, -0.05) is 29.8 Å². The number of hydrogen-bond acceptors (Lipinski definition) is 4. The van der Waals surface area contributed by atoms with Gasteiger partial charge in [-0.15, -0.1) is 0 Å². The Labute approximate surface area is 161 Å². The lowest BCUT2D eigenvalue weighted by Gasteiger charge is -2.12. The fraction of sp³-hybridized carbons (Fsp3) is 0.0476. The Morgan fingerprint density at radius 2 is 1.74 bits per heavy atom. The number of anilines is 3. The molecule has 3 aromatic carbocycles. The highest BCUT2D eigenvalue weighted by Gasteiger charge is 2.17. The molecule has 3 aromatic rings. The van der Waals surface area contributed by atoms with Crippen LogP contribution in [-0.2, 0) is 0 Å². The minimum Gasteiger partial charge on any atom is -0.478 e. The van der Waals surface area contributed by atoms with Crippen LogP contribution in [0.2, 0.25) is 5.02 Å². The van der Waals surface area contributed by atoms with E-state index >= 15 is 0 Å². The van der Waals surface area contributed by atoms with Gasteiger partial charge in [0.15, 0.2) is 5.78 Å². The van der Waals surface area contributed by atoms with E-state index in [4.69, 9.17) is 22.4 Å². The van der Waals surface area contributed by atoms with E-state index in [0.29, 0.717) is 28.1 Å². The number of nitrogens with two attached hydrogens (primary N) is 1. The van der Waals surface area contributed by atoms with Crippen LogP contribution in [0.1, 0.15) is 31.8 Å². The van der Waals surface area contributed by atoms with E-state index in [1.54, 1.807) is 37.3 Å². The molecule has 0 saturated heterocycles. The summed E-state index contributed by atoms with van der Waals surface area (Å²) in [6, 6.07) is 16.7. The lowest BCUT2D eigenvalue weighted by Crippen LogP contribution is -2.07. The molecule has 136 valence electrons. The topological polar surface area (TPSA) is 92.4 Å². The van der Waals surface area contributed by atoms with Crippen LogP contribution in [-0.4, -0.2) is 16.9 Å². The third-order valence-corrected chi connectivity index (χ3v) is 4.50. The number of nitrogen functional groups attached to an aromatic ring is 1. The number of rotatable bonds is 5. The lowest BCUT2D eigenvalue weighted by atomic mass is 9.96. The number of ketones is 1. The van der Waals surface area contributed by atoms with Gasteiger partial charge in [0, 0.05) is 16.8 Å². The van der Waals surface area contributed by atoms with Gasteiger partial charge in [0.2, 0.25) is 0 Å². The van der Waals surface area contributed by atoms with Gasteiger partial charge >= 0.3 is 5.97 Å². The zero-order valence-corrected chi connectivity index (χ0v) is 15.2. The molecule has 3 rings (SSSR count). The average Bonchev–Trinajstić information content (AvgIpc) is 2.63. The number of carbonyl (C=O) groups is 2. The number of halogens is 1. The van der Waals surface area contributed by atoms with Crippen molar-refractivity contribution in [1.82, 2.24) is 0 Å². The zero-order valence-electron chi connectivity index (χ0n) is 14.5. The minimum atomic E-state index is -1.09. The van der Waals surface area contributed by atoms with Crippen LogP contribution in [0.25, 0.3) is 0 Å². The Kier molecular flexibility index (Phi) is 5.14. The molecule has 0 unspecified atom stereocenters. The maximum absolute atomic E-state index is 12.9. The summed E-state index contributed by atoms with van der Waals surface area (Å²) in [4.78, 5) is 24.0. The molecule has 4 N–H and O–H groups in total. The first-order valence-electron chi connectivity index (χ1n) is 8.16. The van der Waals surface area contributed by atoms with Gasteiger partial charge in [-0.05, 0) is 55.0 Å². The minimum absolute atomic E-state index is 0.0536. The van der Waals surface area contributed by atoms with E-state index in [-0.39, 0.29) is 16.4 Å². The quantitative estimate of drug-likeness (QED) is 0.432. The van der Waals surface area contributed by atoms with Gasteiger partial charge in [0.05, 0.1) is 22.0 Å². The first-order chi connectivity index (χ1) is 12.9. The van der Waals surface area contributed by atoms with Gasteiger partial charge in [-0.2, -0.15) is 0 Å². The van der Waals surface area contributed by atoms with Crippen LogP contribution in [0.15, 0.2) is 60.7 Å². The summed E-state index contributed by atoms with van der Waals surface area (Å²) >= 11 is 6.33. The molecule has 0 bridgehead atoms. The molecule has 0 aliphatic rings. The number of hydrogen-bond donors (Lipinski definition) is 3. The molecule has 0 aromatic heterocycles. The van der Waals surface area contributed by atoms with Crippen molar-refractivity contribution >= 4 is 40.4 Å². The summed E-state index contributed by atoms with van der Waals surface area (Å²) in [6.07, 6.45) is 0. The molecule has 0 spiro atoms. The first-order valence-corrected chi connectivity index (χ1v) is 8.54. The monoisotopic (exact) mass is 380 g/mol. The normalized spacial score (nSPS) is 10.4. The van der Waals surface area contributed by atoms with Crippen LogP contribution in [0, 0.1) is 6.92 Å². The second-order valence-corrected chi connectivity index (χ2v) is 6.48. The van der Waals surface area contributed by atoms with Gasteiger partial charge in [-0.3, -0.25) is 4.79 Å². The highest BCUT2D eigenvalue weighted by molar-refractivity contribution is 6.35. The largest absolute Gasteiger partial charge is 0.478 e. The van der Waals surface area contributed by atoms with Gasteiger partial charge < -0.3 is 16.2 Å². The molecule has 27 heavy (non-hydrogen) atoms. The smallest absolute Gasteiger partial charge is 0.335 e. The summed E-state index contributed by atoms with van der Waals surface area (Å²) in [5.41, 5.74) is 9.27. The van der Waals surface area contributed by atoms with Gasteiger partial charge in [0.25, 0.3) is 0 Å². The molecule has 5 nitrogen and oxygen atoms in total. The number of carboxylic acids is 1. The zero-order chi connectivity index (χ0) is 19.6. The molecule has 0 aliphatic heterocycles. The van der Waals surface area contributed by atoms with E-state index in [9.17, 15) is 9.59 Å². The van der Waals surface area contributed by atoms with Crippen molar-refractivity contribution in [3.05, 3.63) is 87.9 Å². The van der Waals surface area contributed by atoms with E-state index in [1.165, 1.54) is 12.1 Å². The van der Waals surface area contributed by atoms with Crippen molar-refractivity contribution in [2.75, 3.05) is 11.1 Å². The maximum Gasteiger partial charge on any atom is 0.335 e. The van der Waals surface area contributed by atoms with Gasteiger partial charge in [-0.25, -0.2) is 4.79 Å². The molecule has 0 heterocycles. The van der Waals surface area contributed by atoms with E-state index in [2.05, 4.69) is 5.32 Å². The Balaban J connectivity index is 1.92. The third-order valence-electron chi connectivity index (χ3n) is 4.18. The first kappa shape index (κ1) is 18.5. The van der Waals surface area contributed by atoms with Crippen molar-refractivity contribution in [3.63, 3.8) is 0 Å². The molecule has 0 amide bonds. The molecule has 0 saturated carbocycles. The van der Waals surface area contributed by atoms with Crippen molar-refractivity contribution < 1.29 is 14.7 Å². The van der Waals surface area contributed by atoms with Crippen molar-refractivity contribution in [1.29, 1.82) is 0 Å². The number of benzene rings is 3. The predicted octanol–water partition coefficient (Wildman–Crippen LogP) is 4.90. The van der Waals surface area contributed by atoms with Gasteiger partial charge in [0.1, 0.15) is 0 Å². The SMILES string of the molecule is Cc1ccc(C(=O)O)cc1C(=O)c1ccc(Nc2ccccc2N)cc1Cl. The Hall–Kier alpha value is -3.31. The summed E-state index contributed by atoms with van der Waals surface area (Å²) in [5.74, 6) is -1.42. The summed E-state index contributed by atoms with van der Waals surface area (Å²) < 4.78 is 0. The number of carbonyl (C=O) groups excluding carboxylic acids is 1. The number of carboxylic acid groups (broad SMARTS) is 1. The fourth-order valence-electron chi connectivity index (χ4n) is 2.69. The fourth-order valence-corrected chi connectivity index (χ4v) is 2.95. The predicted molar refractivity (Wildman–Crippen MR) is 107 cm³/mol. The number of para-hydroxylation sites is 2. The van der Waals surface area contributed by atoms with E-state index in [1.807, 2.05) is 18.2 Å². The van der Waals surface area contributed by atoms with Crippen LogP contribution in [0.4, 0.5) is 17.1 Å². The summed E-state index contributed by atoms with van der Waals surface area (Å²) in [6.45, 7) is 1.75. The van der Waals surface area contributed by atoms with E-state index in [0.717, 1.165) is 5.69 Å². The molecule has 0 radical (unpaired) electrons. The lowest BCUT2D eigenvalue weighted by molar-refractivity contribution is 0.0697. The number of nitrogens with one attached hydrogen (secondary N) is 1. The molecule has 0 fully saturated rings. The summed E-state index contributed by atoms with van der Waals surface area (Å²) in [7, 11) is 0. The number of aryl methyl sites for hydroxylation is 1. The Bertz CT molecular complexity index is 1050. The second kappa shape index (κ2) is 7.51. The Morgan fingerprint density at radius 3 is 2.41 bits per heavy atom. The van der Waals surface area contributed by atoms with Crippen LogP contribution >= 0.6 is 11.6 Å². The van der Waals surface area contributed by atoms with E-state index < -0.39 is 5.97 Å². The van der Waals surface area contributed by atoms with Crippen LogP contribution in [0.3, 0.4) is 0 Å². The van der Waals surface area contributed by atoms with Crippen molar-refractivity contribution in [2.45, 2.75) is 6.92 Å². The maximum atomic E-state index is 12.9. The standard InChI is InChI=1S/C21H17ClN2O3/c1-12-6-7-13(21(26)27)10-16(12)20(25)15-9-8-14(11-17(15)22)24-19-5-3-2-4-18(19)23/h2-11,24H,23H2,1H3,(H,26,27). The average molecular weight is 381 g/mol. The Morgan fingerprint density at radius 1 is 1.00 bits per heavy atom. The highest BCUT2D eigenvalue weighted by atomic mass is 35.5.